The fourth-order valence-electron chi connectivity index (χ4n) is 2.18. The minimum absolute atomic E-state index is 0.112. The summed E-state index contributed by atoms with van der Waals surface area (Å²) in [6.45, 7) is 2.48. The molecule has 27 heavy (non-hydrogen) atoms. The second kappa shape index (κ2) is 10.1. The van der Waals surface area contributed by atoms with E-state index in [9.17, 15) is 4.79 Å². The summed E-state index contributed by atoms with van der Waals surface area (Å²) in [5.74, 6) is 3.53. The number of benzene rings is 2. The lowest BCUT2D eigenvalue weighted by Gasteiger charge is -2.10. The number of rotatable bonds is 8. The highest BCUT2D eigenvalue weighted by Crippen LogP contribution is 2.28. The Balaban J connectivity index is 2.11. The Hall–Kier alpha value is -3.17. The number of halogens is 1. The van der Waals surface area contributed by atoms with Crippen molar-refractivity contribution in [1.29, 1.82) is 0 Å². The van der Waals surface area contributed by atoms with Gasteiger partial charge >= 0.3 is 0 Å². The van der Waals surface area contributed by atoms with Crippen LogP contribution in [0.3, 0.4) is 0 Å². The van der Waals surface area contributed by atoms with Gasteiger partial charge in [0.15, 0.2) is 11.5 Å². The molecule has 0 atom stereocenters. The van der Waals surface area contributed by atoms with Crippen LogP contribution in [0.5, 0.6) is 17.2 Å². The fourth-order valence-corrected chi connectivity index (χ4v) is 2.36. The van der Waals surface area contributed by atoms with Crippen LogP contribution in [-0.2, 0) is 0 Å². The molecule has 0 unspecified atom stereocenters. The van der Waals surface area contributed by atoms with Crippen LogP contribution < -0.4 is 19.6 Å². The monoisotopic (exact) mass is 386 g/mol. The third kappa shape index (κ3) is 5.66. The Morgan fingerprint density at radius 1 is 1.22 bits per heavy atom. The molecular formula is C20H19ClN2O4. The van der Waals surface area contributed by atoms with E-state index in [0.717, 1.165) is 0 Å². The average Bonchev–Trinajstić information content (AvgIpc) is 2.67. The van der Waals surface area contributed by atoms with Crippen LogP contribution in [-0.4, -0.2) is 32.4 Å². The van der Waals surface area contributed by atoms with Gasteiger partial charge in [0.1, 0.15) is 12.4 Å². The Kier molecular flexibility index (Phi) is 7.53. The number of hydrogen-bond donors (Lipinski definition) is 1. The quantitative estimate of drug-likeness (QED) is 0.428. The standard InChI is InChI=1S/C20H19ClN2O4/c1-4-10-27-17-9-7-16(21)11-15(17)13-22-23-20(24)14-6-8-18(26-5-2)19(12-14)25-3/h1,6-9,11-13H,5,10H2,2-3H3,(H,23,24)/b22-13+. The summed E-state index contributed by atoms with van der Waals surface area (Å²) < 4.78 is 16.1. The van der Waals surface area contributed by atoms with Gasteiger partial charge in [0.2, 0.25) is 0 Å². The van der Waals surface area contributed by atoms with E-state index < -0.39 is 5.91 Å². The Labute approximate surface area is 163 Å². The summed E-state index contributed by atoms with van der Waals surface area (Å²) in [7, 11) is 1.51. The third-order valence-corrected chi connectivity index (χ3v) is 3.61. The van der Waals surface area contributed by atoms with Crippen LogP contribution in [0.1, 0.15) is 22.8 Å². The SMILES string of the molecule is C#CCOc1ccc(Cl)cc1/C=N/NC(=O)c1ccc(OCC)c(OC)c1. The van der Waals surface area contributed by atoms with Crippen LogP contribution in [0.2, 0.25) is 5.02 Å². The molecule has 2 aromatic carbocycles. The maximum atomic E-state index is 12.3. The first kappa shape index (κ1) is 20.1. The molecule has 1 amide bonds. The number of hydrogen-bond acceptors (Lipinski definition) is 5. The van der Waals surface area contributed by atoms with E-state index >= 15 is 0 Å². The zero-order chi connectivity index (χ0) is 19.6. The molecule has 0 heterocycles. The van der Waals surface area contributed by atoms with Gasteiger partial charge in [-0.05, 0) is 43.3 Å². The molecular weight excluding hydrogens is 368 g/mol. The number of ether oxygens (including phenoxy) is 3. The summed E-state index contributed by atoms with van der Waals surface area (Å²) in [5.41, 5.74) is 3.41. The molecule has 0 spiro atoms. The van der Waals surface area contributed by atoms with Gasteiger partial charge in [-0.1, -0.05) is 17.5 Å². The summed E-state index contributed by atoms with van der Waals surface area (Å²) in [6, 6.07) is 9.89. The number of carbonyl (C=O) groups is 1. The smallest absolute Gasteiger partial charge is 0.271 e. The van der Waals surface area contributed by atoms with Crippen LogP contribution in [0, 0.1) is 12.3 Å². The van der Waals surface area contributed by atoms with Crippen molar-refractivity contribution in [2.24, 2.45) is 5.10 Å². The first-order valence-corrected chi connectivity index (χ1v) is 8.46. The molecule has 0 aliphatic heterocycles. The molecule has 0 saturated heterocycles. The van der Waals surface area contributed by atoms with E-state index in [1.54, 1.807) is 36.4 Å². The van der Waals surface area contributed by atoms with Crippen molar-refractivity contribution < 1.29 is 19.0 Å². The van der Waals surface area contributed by atoms with Crippen molar-refractivity contribution in [1.82, 2.24) is 5.43 Å². The molecule has 1 N–H and O–H groups in total. The Morgan fingerprint density at radius 2 is 2.00 bits per heavy atom. The number of nitrogens with zero attached hydrogens (tertiary/aromatic N) is 1. The van der Waals surface area contributed by atoms with E-state index in [2.05, 4.69) is 16.4 Å². The molecule has 0 saturated carbocycles. The fraction of sp³-hybridized carbons (Fsp3) is 0.200. The molecule has 140 valence electrons. The minimum Gasteiger partial charge on any atom is -0.493 e. The number of amides is 1. The van der Waals surface area contributed by atoms with E-state index in [-0.39, 0.29) is 6.61 Å². The van der Waals surface area contributed by atoms with Crippen molar-refractivity contribution in [3.8, 4) is 29.6 Å². The highest BCUT2D eigenvalue weighted by atomic mass is 35.5. The summed E-state index contributed by atoms with van der Waals surface area (Å²) in [6.07, 6.45) is 6.63. The molecule has 0 fully saturated rings. The van der Waals surface area contributed by atoms with Gasteiger partial charge in [0, 0.05) is 16.1 Å². The van der Waals surface area contributed by atoms with E-state index in [0.29, 0.717) is 40.0 Å². The van der Waals surface area contributed by atoms with Crippen LogP contribution in [0.4, 0.5) is 0 Å². The molecule has 2 rings (SSSR count). The summed E-state index contributed by atoms with van der Waals surface area (Å²) in [5, 5.41) is 4.46. The maximum absolute atomic E-state index is 12.3. The highest BCUT2D eigenvalue weighted by molar-refractivity contribution is 6.30. The Bertz CT molecular complexity index is 875. The number of terminal acetylenes is 1. The first-order valence-electron chi connectivity index (χ1n) is 8.09. The lowest BCUT2D eigenvalue weighted by molar-refractivity contribution is 0.0954. The van der Waals surface area contributed by atoms with Crippen LogP contribution >= 0.6 is 11.6 Å². The van der Waals surface area contributed by atoms with Gasteiger partial charge in [0.05, 0.1) is 19.9 Å². The van der Waals surface area contributed by atoms with E-state index in [4.69, 9.17) is 32.2 Å². The number of carbonyl (C=O) groups excluding carboxylic acids is 1. The van der Waals surface area contributed by atoms with Gasteiger partial charge in [-0.3, -0.25) is 4.79 Å². The zero-order valence-corrected chi connectivity index (χ0v) is 15.7. The largest absolute Gasteiger partial charge is 0.493 e. The normalized spacial score (nSPS) is 10.3. The average molecular weight is 387 g/mol. The zero-order valence-electron chi connectivity index (χ0n) is 15.0. The number of hydrazone groups is 1. The molecule has 0 aliphatic carbocycles. The predicted octanol–water partition coefficient (Wildman–Crippen LogP) is 3.52. The van der Waals surface area contributed by atoms with Crippen molar-refractivity contribution in [3.63, 3.8) is 0 Å². The van der Waals surface area contributed by atoms with Crippen LogP contribution in [0.15, 0.2) is 41.5 Å². The third-order valence-electron chi connectivity index (χ3n) is 3.38. The van der Waals surface area contributed by atoms with Gasteiger partial charge in [-0.15, -0.1) is 6.42 Å². The number of nitrogens with one attached hydrogen (secondary N) is 1. The van der Waals surface area contributed by atoms with E-state index in [1.807, 2.05) is 6.92 Å². The molecule has 0 aliphatic rings. The van der Waals surface area contributed by atoms with Gasteiger partial charge in [-0.2, -0.15) is 5.10 Å². The molecule has 0 bridgehead atoms. The minimum atomic E-state index is -0.402. The first-order chi connectivity index (χ1) is 13.1. The number of methoxy groups -OCH3 is 1. The van der Waals surface area contributed by atoms with Crippen molar-refractivity contribution in [3.05, 3.63) is 52.5 Å². The van der Waals surface area contributed by atoms with Crippen molar-refractivity contribution >= 4 is 23.7 Å². The Morgan fingerprint density at radius 3 is 2.70 bits per heavy atom. The molecule has 2 aromatic rings. The second-order valence-electron chi connectivity index (χ2n) is 5.17. The topological polar surface area (TPSA) is 69.2 Å². The van der Waals surface area contributed by atoms with Crippen molar-refractivity contribution in [2.75, 3.05) is 20.3 Å². The van der Waals surface area contributed by atoms with Crippen molar-refractivity contribution in [2.45, 2.75) is 6.92 Å². The molecule has 6 nitrogen and oxygen atoms in total. The second-order valence-corrected chi connectivity index (χ2v) is 5.61. The van der Waals surface area contributed by atoms with Crippen LogP contribution in [0.25, 0.3) is 0 Å². The van der Waals surface area contributed by atoms with E-state index in [1.165, 1.54) is 13.3 Å². The van der Waals surface area contributed by atoms with Gasteiger partial charge < -0.3 is 14.2 Å². The lowest BCUT2D eigenvalue weighted by atomic mass is 10.2. The predicted molar refractivity (Wildman–Crippen MR) is 105 cm³/mol. The summed E-state index contributed by atoms with van der Waals surface area (Å²) >= 11 is 5.99. The highest BCUT2D eigenvalue weighted by Gasteiger charge is 2.10. The maximum Gasteiger partial charge on any atom is 0.271 e. The molecule has 7 heteroatoms. The molecule has 0 radical (unpaired) electrons. The van der Waals surface area contributed by atoms with Gasteiger partial charge in [-0.25, -0.2) is 5.43 Å². The summed E-state index contributed by atoms with van der Waals surface area (Å²) in [4.78, 5) is 12.3. The lowest BCUT2D eigenvalue weighted by Crippen LogP contribution is -2.17. The van der Waals surface area contributed by atoms with Gasteiger partial charge in [0.25, 0.3) is 5.91 Å². The molecule has 0 aromatic heterocycles.